The minimum Gasteiger partial charge on any atom is -0.354 e. The Morgan fingerprint density at radius 1 is 1.25 bits per heavy atom. The van der Waals surface area contributed by atoms with Crippen molar-refractivity contribution in [3.63, 3.8) is 0 Å². The number of aryl methyl sites for hydroxylation is 1. The van der Waals surface area contributed by atoms with Crippen molar-refractivity contribution in [1.29, 1.82) is 0 Å². The molecule has 2 atom stereocenters. The summed E-state index contributed by atoms with van der Waals surface area (Å²) in [5, 5.41) is 7.64. The van der Waals surface area contributed by atoms with E-state index in [2.05, 4.69) is 10.6 Å². The zero-order valence-electron chi connectivity index (χ0n) is 16.3. The highest BCUT2D eigenvalue weighted by Crippen LogP contribution is 2.33. The summed E-state index contributed by atoms with van der Waals surface area (Å²) in [6.45, 7) is 5.86. The molecule has 0 bridgehead atoms. The lowest BCUT2D eigenvalue weighted by Gasteiger charge is -2.27. The minimum atomic E-state index is -1.13. The van der Waals surface area contributed by atoms with Gasteiger partial charge in [0.2, 0.25) is 5.91 Å². The van der Waals surface area contributed by atoms with Crippen molar-refractivity contribution < 1.29 is 14.4 Å². The number of urea groups is 1. The monoisotopic (exact) mass is 399 g/mol. The van der Waals surface area contributed by atoms with E-state index in [1.54, 1.807) is 18.3 Å². The van der Waals surface area contributed by atoms with Crippen LogP contribution >= 0.6 is 11.3 Å². The lowest BCUT2D eigenvalue weighted by Crippen LogP contribution is -2.49. The smallest absolute Gasteiger partial charge is 0.326 e. The summed E-state index contributed by atoms with van der Waals surface area (Å²) >= 11 is 1.63. The molecule has 4 amide bonds. The highest BCUT2D eigenvalue weighted by atomic mass is 32.1. The molecule has 1 aliphatic heterocycles. The van der Waals surface area contributed by atoms with Gasteiger partial charge in [-0.15, -0.1) is 11.3 Å². The number of benzene rings is 1. The number of nitrogens with zero attached hydrogens (tertiary/aromatic N) is 1. The van der Waals surface area contributed by atoms with Crippen molar-refractivity contribution in [1.82, 2.24) is 15.5 Å². The fraction of sp³-hybridized carbons (Fsp3) is 0.381. The van der Waals surface area contributed by atoms with E-state index in [4.69, 9.17) is 0 Å². The Labute approximate surface area is 168 Å². The van der Waals surface area contributed by atoms with Crippen LogP contribution in [0.5, 0.6) is 0 Å². The number of carbonyl (C=O) groups excluding carboxylic acids is 3. The quantitative estimate of drug-likeness (QED) is 0.703. The standard InChI is InChI=1S/C21H25N3O3S/c1-4-21(16-9-7-14(2)8-10-16)19(26)24(20(27)23-21)15(3)18(25)22-12-11-17-6-5-13-28-17/h5-10,13,15H,4,11-12H2,1-3H3,(H,22,25)(H,23,27)/t15-,21+/m1/s1. The van der Waals surface area contributed by atoms with Crippen LogP contribution in [0, 0.1) is 6.92 Å². The SMILES string of the molecule is CC[C@@]1(c2ccc(C)cc2)NC(=O)N([C@H](C)C(=O)NCCc2cccs2)C1=O. The Balaban J connectivity index is 1.72. The number of carbonyl (C=O) groups is 3. The molecule has 0 saturated carbocycles. The third-order valence-corrected chi connectivity index (χ3v) is 6.15. The predicted octanol–water partition coefficient (Wildman–Crippen LogP) is 2.96. The van der Waals surface area contributed by atoms with E-state index in [1.165, 1.54) is 4.88 Å². The number of nitrogens with one attached hydrogen (secondary N) is 2. The highest BCUT2D eigenvalue weighted by Gasteiger charge is 2.53. The lowest BCUT2D eigenvalue weighted by atomic mass is 9.86. The summed E-state index contributed by atoms with van der Waals surface area (Å²) in [4.78, 5) is 40.6. The number of hydrogen-bond acceptors (Lipinski definition) is 4. The molecule has 0 radical (unpaired) electrons. The van der Waals surface area contributed by atoms with Gasteiger partial charge >= 0.3 is 6.03 Å². The molecule has 2 heterocycles. The summed E-state index contributed by atoms with van der Waals surface area (Å²) in [6.07, 6.45) is 1.13. The first-order chi connectivity index (χ1) is 13.4. The van der Waals surface area contributed by atoms with Crippen LogP contribution in [0.4, 0.5) is 4.79 Å². The molecule has 3 rings (SSSR count). The fourth-order valence-corrected chi connectivity index (χ4v) is 4.16. The largest absolute Gasteiger partial charge is 0.354 e. The highest BCUT2D eigenvalue weighted by molar-refractivity contribution is 7.09. The average Bonchev–Trinajstić information content (AvgIpc) is 3.28. The first-order valence-corrected chi connectivity index (χ1v) is 10.3. The normalized spacial score (nSPS) is 20.2. The van der Waals surface area contributed by atoms with Gasteiger partial charge in [-0.2, -0.15) is 0 Å². The summed E-state index contributed by atoms with van der Waals surface area (Å²) in [6, 6.07) is 10.1. The van der Waals surface area contributed by atoms with E-state index >= 15 is 0 Å². The van der Waals surface area contributed by atoms with Crippen LogP contribution in [0.25, 0.3) is 0 Å². The number of thiophene rings is 1. The zero-order valence-corrected chi connectivity index (χ0v) is 17.1. The van der Waals surface area contributed by atoms with Gasteiger partial charge in [-0.25, -0.2) is 9.69 Å². The Kier molecular flexibility index (Phi) is 5.84. The molecule has 148 valence electrons. The van der Waals surface area contributed by atoms with Gasteiger partial charge in [0.15, 0.2) is 0 Å². The molecule has 0 aliphatic carbocycles. The molecule has 2 aromatic rings. The first kappa shape index (κ1) is 20.1. The zero-order chi connectivity index (χ0) is 20.3. The van der Waals surface area contributed by atoms with E-state index in [0.717, 1.165) is 22.4 Å². The van der Waals surface area contributed by atoms with E-state index in [0.29, 0.717) is 13.0 Å². The van der Waals surface area contributed by atoms with Crippen LogP contribution < -0.4 is 10.6 Å². The van der Waals surface area contributed by atoms with Crippen LogP contribution in [0.1, 0.15) is 36.3 Å². The van der Waals surface area contributed by atoms with E-state index < -0.39 is 17.6 Å². The van der Waals surface area contributed by atoms with Gasteiger partial charge < -0.3 is 10.6 Å². The maximum atomic E-state index is 13.2. The first-order valence-electron chi connectivity index (χ1n) is 9.42. The van der Waals surface area contributed by atoms with Gasteiger partial charge in [0.1, 0.15) is 11.6 Å². The minimum absolute atomic E-state index is 0.337. The number of hydrogen-bond donors (Lipinski definition) is 2. The van der Waals surface area contributed by atoms with Gasteiger partial charge in [0.25, 0.3) is 5.91 Å². The van der Waals surface area contributed by atoms with Crippen LogP contribution in [-0.2, 0) is 21.5 Å². The van der Waals surface area contributed by atoms with Crippen molar-refractivity contribution in [3.8, 4) is 0 Å². The number of amides is 4. The Hall–Kier alpha value is -2.67. The fourth-order valence-electron chi connectivity index (χ4n) is 3.45. The maximum Gasteiger partial charge on any atom is 0.326 e. The summed E-state index contributed by atoms with van der Waals surface area (Å²) < 4.78 is 0. The molecule has 7 heteroatoms. The second-order valence-electron chi connectivity index (χ2n) is 7.03. The summed E-state index contributed by atoms with van der Waals surface area (Å²) in [7, 11) is 0. The van der Waals surface area contributed by atoms with Gasteiger partial charge in [0, 0.05) is 11.4 Å². The number of rotatable bonds is 7. The van der Waals surface area contributed by atoms with Crippen LogP contribution in [0.2, 0.25) is 0 Å². The van der Waals surface area contributed by atoms with Gasteiger partial charge in [-0.1, -0.05) is 42.8 Å². The molecule has 0 unspecified atom stereocenters. The van der Waals surface area contributed by atoms with Crippen molar-refractivity contribution in [2.24, 2.45) is 0 Å². The molecule has 0 spiro atoms. The predicted molar refractivity (Wildman–Crippen MR) is 109 cm³/mol. The van der Waals surface area contributed by atoms with Crippen molar-refractivity contribution in [3.05, 3.63) is 57.8 Å². The molecular weight excluding hydrogens is 374 g/mol. The molecule has 2 N–H and O–H groups in total. The Bertz CT molecular complexity index is 864. The topological polar surface area (TPSA) is 78.5 Å². The van der Waals surface area contributed by atoms with Gasteiger partial charge in [-0.3, -0.25) is 9.59 Å². The average molecular weight is 400 g/mol. The molecule has 1 fully saturated rings. The molecule has 28 heavy (non-hydrogen) atoms. The molecule has 1 aromatic heterocycles. The van der Waals surface area contributed by atoms with Crippen LogP contribution in [-0.4, -0.2) is 35.3 Å². The van der Waals surface area contributed by atoms with E-state index in [-0.39, 0.29) is 11.8 Å². The second-order valence-corrected chi connectivity index (χ2v) is 8.06. The number of imide groups is 1. The van der Waals surface area contributed by atoms with E-state index in [9.17, 15) is 14.4 Å². The van der Waals surface area contributed by atoms with Gasteiger partial charge in [0.05, 0.1) is 0 Å². The van der Waals surface area contributed by atoms with Gasteiger partial charge in [-0.05, 0) is 43.7 Å². The lowest BCUT2D eigenvalue weighted by molar-refractivity contribution is -0.138. The second kappa shape index (κ2) is 8.14. The Morgan fingerprint density at radius 3 is 2.57 bits per heavy atom. The maximum absolute atomic E-state index is 13.2. The molecule has 1 aliphatic rings. The van der Waals surface area contributed by atoms with Crippen LogP contribution in [0.15, 0.2) is 41.8 Å². The van der Waals surface area contributed by atoms with Crippen LogP contribution in [0.3, 0.4) is 0 Å². The summed E-state index contributed by atoms with van der Waals surface area (Å²) in [5.74, 6) is -0.722. The van der Waals surface area contributed by atoms with Crippen molar-refractivity contribution in [2.45, 2.75) is 45.2 Å². The molecule has 1 saturated heterocycles. The molecular formula is C21H25N3O3S. The molecule has 1 aromatic carbocycles. The van der Waals surface area contributed by atoms with Crippen molar-refractivity contribution in [2.75, 3.05) is 6.54 Å². The third kappa shape index (κ3) is 3.67. The molecule has 6 nitrogen and oxygen atoms in total. The summed E-state index contributed by atoms with van der Waals surface area (Å²) in [5.41, 5.74) is 0.671. The third-order valence-electron chi connectivity index (χ3n) is 5.22. The Morgan fingerprint density at radius 2 is 1.96 bits per heavy atom. The van der Waals surface area contributed by atoms with E-state index in [1.807, 2.05) is 55.6 Å². The van der Waals surface area contributed by atoms with Crippen molar-refractivity contribution >= 4 is 29.2 Å².